The molecule has 1 saturated heterocycles. The number of nitrogens with one attached hydrogen (secondary N) is 1. The number of rotatable bonds is 3. The van der Waals surface area contributed by atoms with Crippen molar-refractivity contribution in [3.8, 4) is 0 Å². The molecule has 82 valence electrons. The number of hydrogen-bond acceptors (Lipinski definition) is 3. The molecule has 0 saturated carbocycles. The van der Waals surface area contributed by atoms with Crippen LogP contribution in [0.5, 0.6) is 0 Å². The molecule has 15 heavy (non-hydrogen) atoms. The molecule has 2 rings (SSSR count). The van der Waals surface area contributed by atoms with Crippen LogP contribution in [0.4, 0.5) is 0 Å². The Balaban J connectivity index is 1.84. The molecule has 1 N–H and O–H groups in total. The highest BCUT2D eigenvalue weighted by atomic mass is 79.9. The fourth-order valence-corrected chi connectivity index (χ4v) is 3.18. The molecular weight excluding hydrogens is 278 g/mol. The van der Waals surface area contributed by atoms with Gasteiger partial charge in [-0.1, -0.05) is 0 Å². The van der Waals surface area contributed by atoms with Crippen molar-refractivity contribution in [3.05, 3.63) is 22.6 Å². The van der Waals surface area contributed by atoms with Crippen LogP contribution < -0.4 is 5.32 Å². The van der Waals surface area contributed by atoms with Gasteiger partial charge in [0.15, 0.2) is 4.67 Å². The first-order valence-electron chi connectivity index (χ1n) is 4.90. The van der Waals surface area contributed by atoms with Crippen LogP contribution in [0.25, 0.3) is 0 Å². The summed E-state index contributed by atoms with van der Waals surface area (Å²) < 4.78 is 5.51. The van der Waals surface area contributed by atoms with Crippen LogP contribution >= 0.6 is 27.7 Å². The number of halogens is 1. The first-order chi connectivity index (χ1) is 7.27. The smallest absolute Gasteiger partial charge is 0.255 e. The molecule has 1 aliphatic rings. The van der Waals surface area contributed by atoms with Gasteiger partial charge in [0.05, 0.1) is 11.8 Å². The SMILES string of the molecule is O=C(NCC1CCCS1)c1ccoc1Br. The first kappa shape index (κ1) is 11.1. The summed E-state index contributed by atoms with van der Waals surface area (Å²) in [5.74, 6) is 1.15. The third-order valence-corrected chi connectivity index (χ3v) is 4.39. The molecule has 0 radical (unpaired) electrons. The van der Waals surface area contributed by atoms with Crippen molar-refractivity contribution in [2.45, 2.75) is 18.1 Å². The molecular formula is C10H12BrNO2S. The van der Waals surface area contributed by atoms with Gasteiger partial charge in [0.2, 0.25) is 0 Å². The lowest BCUT2D eigenvalue weighted by Gasteiger charge is -2.09. The van der Waals surface area contributed by atoms with Gasteiger partial charge in [-0.2, -0.15) is 11.8 Å². The summed E-state index contributed by atoms with van der Waals surface area (Å²) in [4.78, 5) is 11.7. The highest BCUT2D eigenvalue weighted by Crippen LogP contribution is 2.25. The summed E-state index contributed by atoms with van der Waals surface area (Å²) in [6.45, 7) is 0.751. The third-order valence-electron chi connectivity index (χ3n) is 2.38. The summed E-state index contributed by atoms with van der Waals surface area (Å²) in [6.07, 6.45) is 3.97. The number of amides is 1. The van der Waals surface area contributed by atoms with Crippen molar-refractivity contribution < 1.29 is 9.21 Å². The van der Waals surface area contributed by atoms with E-state index in [1.165, 1.54) is 24.9 Å². The number of furan rings is 1. The average Bonchev–Trinajstić information content (AvgIpc) is 2.84. The summed E-state index contributed by atoms with van der Waals surface area (Å²) >= 11 is 5.12. The second-order valence-corrected chi connectivity index (χ2v) is 5.58. The lowest BCUT2D eigenvalue weighted by atomic mass is 10.2. The Morgan fingerprint density at radius 1 is 1.73 bits per heavy atom. The van der Waals surface area contributed by atoms with E-state index in [0.29, 0.717) is 15.5 Å². The predicted octanol–water partition coefficient (Wildman–Crippen LogP) is 2.67. The maximum atomic E-state index is 11.7. The molecule has 0 bridgehead atoms. The predicted molar refractivity (Wildman–Crippen MR) is 64.2 cm³/mol. The molecule has 1 aromatic rings. The summed E-state index contributed by atoms with van der Waals surface area (Å²) in [7, 11) is 0. The Morgan fingerprint density at radius 3 is 3.20 bits per heavy atom. The Hall–Kier alpha value is -0.420. The molecule has 3 nitrogen and oxygen atoms in total. The van der Waals surface area contributed by atoms with E-state index in [4.69, 9.17) is 4.42 Å². The molecule has 1 amide bonds. The molecule has 1 fully saturated rings. The van der Waals surface area contributed by atoms with Gasteiger partial charge in [-0.25, -0.2) is 0 Å². The first-order valence-corrected chi connectivity index (χ1v) is 6.74. The van der Waals surface area contributed by atoms with Crippen LogP contribution in [-0.2, 0) is 0 Å². The fraction of sp³-hybridized carbons (Fsp3) is 0.500. The van der Waals surface area contributed by atoms with Gasteiger partial charge < -0.3 is 9.73 Å². The van der Waals surface area contributed by atoms with Gasteiger partial charge in [0, 0.05) is 11.8 Å². The second kappa shape index (κ2) is 5.07. The molecule has 5 heteroatoms. The van der Waals surface area contributed by atoms with Crippen molar-refractivity contribution in [1.29, 1.82) is 0 Å². The van der Waals surface area contributed by atoms with E-state index < -0.39 is 0 Å². The van der Waals surface area contributed by atoms with Crippen molar-refractivity contribution in [3.63, 3.8) is 0 Å². The molecule has 1 aromatic heterocycles. The molecule has 1 aliphatic heterocycles. The monoisotopic (exact) mass is 289 g/mol. The van der Waals surface area contributed by atoms with E-state index in [2.05, 4.69) is 21.2 Å². The summed E-state index contributed by atoms with van der Waals surface area (Å²) in [6, 6.07) is 1.67. The van der Waals surface area contributed by atoms with Crippen LogP contribution in [0.1, 0.15) is 23.2 Å². The van der Waals surface area contributed by atoms with Crippen LogP contribution in [-0.4, -0.2) is 23.5 Å². The summed E-state index contributed by atoms with van der Waals surface area (Å²) in [5, 5.41) is 3.50. The van der Waals surface area contributed by atoms with Crippen molar-refractivity contribution in [1.82, 2.24) is 5.32 Å². The number of thioether (sulfide) groups is 1. The van der Waals surface area contributed by atoms with Crippen LogP contribution in [0.2, 0.25) is 0 Å². The highest BCUT2D eigenvalue weighted by molar-refractivity contribution is 9.10. The zero-order valence-corrected chi connectivity index (χ0v) is 10.6. The van der Waals surface area contributed by atoms with Gasteiger partial charge in [-0.05, 0) is 40.6 Å². The third kappa shape index (κ3) is 2.78. The van der Waals surface area contributed by atoms with E-state index in [1.807, 2.05) is 11.8 Å². The van der Waals surface area contributed by atoms with E-state index >= 15 is 0 Å². The molecule has 0 aromatic carbocycles. The minimum Gasteiger partial charge on any atom is -0.457 e. The van der Waals surface area contributed by atoms with Crippen molar-refractivity contribution in [2.24, 2.45) is 0 Å². The summed E-state index contributed by atoms with van der Waals surface area (Å²) in [5.41, 5.74) is 0.568. The van der Waals surface area contributed by atoms with Gasteiger partial charge in [-0.15, -0.1) is 0 Å². The number of carbonyl (C=O) groups is 1. The van der Waals surface area contributed by atoms with Crippen LogP contribution in [0.3, 0.4) is 0 Å². The molecule has 0 spiro atoms. The molecule has 1 unspecified atom stereocenters. The normalized spacial score (nSPS) is 20.5. The highest BCUT2D eigenvalue weighted by Gasteiger charge is 2.18. The van der Waals surface area contributed by atoms with Gasteiger partial charge in [0.1, 0.15) is 0 Å². The Labute approximate surface area is 101 Å². The molecule has 2 heterocycles. The Kier molecular flexibility index (Phi) is 3.75. The largest absolute Gasteiger partial charge is 0.457 e. The minimum atomic E-state index is -0.0666. The zero-order chi connectivity index (χ0) is 10.7. The van der Waals surface area contributed by atoms with Crippen LogP contribution in [0.15, 0.2) is 21.4 Å². The van der Waals surface area contributed by atoms with Gasteiger partial charge >= 0.3 is 0 Å². The standard InChI is InChI=1S/C10H12BrNO2S/c11-9-8(3-4-14-9)10(13)12-6-7-2-1-5-15-7/h3-4,7H,1-2,5-6H2,(H,12,13). The lowest BCUT2D eigenvalue weighted by Crippen LogP contribution is -2.29. The van der Waals surface area contributed by atoms with E-state index in [9.17, 15) is 4.79 Å². The van der Waals surface area contributed by atoms with Crippen molar-refractivity contribution in [2.75, 3.05) is 12.3 Å². The maximum Gasteiger partial charge on any atom is 0.255 e. The van der Waals surface area contributed by atoms with E-state index in [1.54, 1.807) is 6.07 Å². The van der Waals surface area contributed by atoms with Gasteiger partial charge in [-0.3, -0.25) is 4.79 Å². The topological polar surface area (TPSA) is 42.2 Å². The lowest BCUT2D eigenvalue weighted by molar-refractivity contribution is 0.0952. The fourth-order valence-electron chi connectivity index (χ4n) is 1.56. The second-order valence-electron chi connectivity index (χ2n) is 3.45. The Bertz CT molecular complexity index is 347. The van der Waals surface area contributed by atoms with Gasteiger partial charge in [0.25, 0.3) is 5.91 Å². The van der Waals surface area contributed by atoms with Crippen molar-refractivity contribution >= 4 is 33.6 Å². The Morgan fingerprint density at radius 2 is 2.60 bits per heavy atom. The average molecular weight is 290 g/mol. The molecule has 1 atom stereocenters. The van der Waals surface area contributed by atoms with E-state index in [0.717, 1.165) is 6.54 Å². The number of carbonyl (C=O) groups excluding carboxylic acids is 1. The maximum absolute atomic E-state index is 11.7. The minimum absolute atomic E-state index is 0.0666. The zero-order valence-electron chi connectivity index (χ0n) is 8.16. The van der Waals surface area contributed by atoms with E-state index in [-0.39, 0.29) is 5.91 Å². The van der Waals surface area contributed by atoms with Crippen LogP contribution in [0, 0.1) is 0 Å². The quantitative estimate of drug-likeness (QED) is 0.930. The molecule has 0 aliphatic carbocycles. The number of hydrogen-bond donors (Lipinski definition) is 1.